The third kappa shape index (κ3) is 4.03. The first-order valence-electron chi connectivity index (χ1n) is 8.48. The lowest BCUT2D eigenvalue weighted by atomic mass is 9.95. The molecule has 3 aromatic rings. The van der Waals surface area contributed by atoms with Crippen molar-refractivity contribution < 1.29 is 9.59 Å². The van der Waals surface area contributed by atoms with Crippen molar-refractivity contribution in [3.05, 3.63) is 95.2 Å². The first kappa shape index (κ1) is 17.5. The summed E-state index contributed by atoms with van der Waals surface area (Å²) < 4.78 is 0. The number of anilines is 1. The third-order valence-corrected chi connectivity index (χ3v) is 4.24. The fraction of sp³-hybridized carbons (Fsp3) is 0.136. The number of hydrogen-bond donors (Lipinski definition) is 1. The molecule has 1 aromatic heterocycles. The molecule has 4 nitrogen and oxygen atoms in total. The largest absolute Gasteiger partial charge is 0.310 e. The van der Waals surface area contributed by atoms with Crippen LogP contribution >= 0.6 is 0 Å². The zero-order valence-electron chi connectivity index (χ0n) is 14.8. The molecule has 0 radical (unpaired) electrons. The molecule has 1 N–H and O–H groups in total. The van der Waals surface area contributed by atoms with E-state index in [0.717, 1.165) is 11.1 Å². The number of amides is 1. The van der Waals surface area contributed by atoms with E-state index in [-0.39, 0.29) is 11.7 Å². The minimum atomic E-state index is -0.402. The molecule has 0 spiro atoms. The number of ketones is 1. The van der Waals surface area contributed by atoms with Gasteiger partial charge >= 0.3 is 0 Å². The van der Waals surface area contributed by atoms with Crippen LogP contribution in [0.15, 0.2) is 72.9 Å². The molecule has 1 amide bonds. The lowest BCUT2D eigenvalue weighted by Crippen LogP contribution is -2.19. The molecule has 0 fully saturated rings. The Hall–Kier alpha value is -3.27. The van der Waals surface area contributed by atoms with E-state index in [0.29, 0.717) is 16.9 Å². The highest BCUT2D eigenvalue weighted by molar-refractivity contribution is 6.09. The second kappa shape index (κ2) is 7.74. The minimum Gasteiger partial charge on any atom is -0.310 e. The monoisotopic (exact) mass is 344 g/mol. The highest BCUT2D eigenvalue weighted by Crippen LogP contribution is 2.20. The van der Waals surface area contributed by atoms with Crippen molar-refractivity contribution in [2.24, 2.45) is 0 Å². The molecule has 1 heterocycles. The maximum Gasteiger partial charge on any atom is 0.232 e. The second-order valence-electron chi connectivity index (χ2n) is 6.25. The van der Waals surface area contributed by atoms with Gasteiger partial charge in [0.05, 0.1) is 5.92 Å². The molecule has 2 aromatic carbocycles. The summed E-state index contributed by atoms with van der Waals surface area (Å²) in [6.45, 7) is 3.76. The van der Waals surface area contributed by atoms with E-state index in [9.17, 15) is 9.59 Å². The van der Waals surface area contributed by atoms with Crippen molar-refractivity contribution >= 4 is 17.5 Å². The van der Waals surface area contributed by atoms with Crippen molar-refractivity contribution in [1.29, 1.82) is 0 Å². The first-order chi connectivity index (χ1) is 12.5. The van der Waals surface area contributed by atoms with Crippen LogP contribution in [0.25, 0.3) is 0 Å². The summed E-state index contributed by atoms with van der Waals surface area (Å²) in [6.07, 6.45) is 1.66. The van der Waals surface area contributed by atoms with Gasteiger partial charge in [0.15, 0.2) is 5.78 Å². The maximum absolute atomic E-state index is 12.6. The quantitative estimate of drug-likeness (QED) is 0.700. The molecule has 3 rings (SSSR count). The van der Waals surface area contributed by atoms with Gasteiger partial charge in [0.25, 0.3) is 0 Å². The number of pyridine rings is 1. The van der Waals surface area contributed by atoms with Crippen LogP contribution in [0, 0.1) is 6.92 Å². The summed E-state index contributed by atoms with van der Waals surface area (Å²) in [4.78, 5) is 29.3. The molecule has 1 atom stereocenters. The zero-order chi connectivity index (χ0) is 18.5. The van der Waals surface area contributed by atoms with Crippen LogP contribution in [0.1, 0.15) is 39.9 Å². The van der Waals surface area contributed by atoms with E-state index in [4.69, 9.17) is 0 Å². The minimum absolute atomic E-state index is 0.0552. The molecule has 0 unspecified atom stereocenters. The topological polar surface area (TPSA) is 59.1 Å². The van der Waals surface area contributed by atoms with E-state index in [2.05, 4.69) is 10.3 Å². The standard InChI is InChI=1S/C22H20N2O2/c1-15-11-12-23-20(13-15)24-22(26)16(2)18-9-6-10-19(14-18)21(25)17-7-4-3-5-8-17/h3-14,16H,1-2H3,(H,23,24,26)/t16-/m0/s1. The summed E-state index contributed by atoms with van der Waals surface area (Å²) in [6, 6.07) is 20.0. The number of rotatable bonds is 5. The van der Waals surface area contributed by atoms with Crippen LogP contribution in [-0.4, -0.2) is 16.7 Å². The van der Waals surface area contributed by atoms with Gasteiger partial charge < -0.3 is 5.32 Å². The summed E-state index contributed by atoms with van der Waals surface area (Å²) >= 11 is 0. The summed E-state index contributed by atoms with van der Waals surface area (Å²) in [5.41, 5.74) is 3.02. The Morgan fingerprint density at radius 1 is 0.923 bits per heavy atom. The Morgan fingerprint density at radius 3 is 2.38 bits per heavy atom. The molecule has 0 bridgehead atoms. The van der Waals surface area contributed by atoms with Crippen molar-refractivity contribution in [1.82, 2.24) is 4.98 Å². The van der Waals surface area contributed by atoms with Crippen molar-refractivity contribution in [2.75, 3.05) is 5.32 Å². The van der Waals surface area contributed by atoms with Gasteiger partial charge in [0.2, 0.25) is 5.91 Å². The number of nitrogens with zero attached hydrogens (tertiary/aromatic N) is 1. The van der Waals surface area contributed by atoms with Crippen molar-refractivity contribution in [3.63, 3.8) is 0 Å². The van der Waals surface area contributed by atoms with Gasteiger partial charge in [-0.2, -0.15) is 0 Å². The Kier molecular flexibility index (Phi) is 5.23. The molecular weight excluding hydrogens is 324 g/mol. The maximum atomic E-state index is 12.6. The number of nitrogens with one attached hydrogen (secondary N) is 1. The van der Waals surface area contributed by atoms with Crippen LogP contribution in [-0.2, 0) is 4.79 Å². The van der Waals surface area contributed by atoms with Crippen LogP contribution in [0.4, 0.5) is 5.82 Å². The molecule has 0 saturated carbocycles. The first-order valence-corrected chi connectivity index (χ1v) is 8.48. The van der Waals surface area contributed by atoms with Crippen LogP contribution in [0.2, 0.25) is 0 Å². The van der Waals surface area contributed by atoms with Crippen molar-refractivity contribution in [3.8, 4) is 0 Å². The average molecular weight is 344 g/mol. The number of aromatic nitrogens is 1. The Morgan fingerprint density at radius 2 is 1.65 bits per heavy atom. The fourth-order valence-electron chi connectivity index (χ4n) is 2.70. The van der Waals surface area contributed by atoms with Gasteiger partial charge in [-0.3, -0.25) is 9.59 Å². The van der Waals surface area contributed by atoms with Gasteiger partial charge in [-0.1, -0.05) is 48.5 Å². The molecule has 0 aliphatic carbocycles. The van der Waals surface area contributed by atoms with E-state index in [1.54, 1.807) is 36.5 Å². The Bertz CT molecular complexity index is 936. The predicted octanol–water partition coefficient (Wildman–Crippen LogP) is 4.36. The molecule has 0 saturated heterocycles. The van der Waals surface area contributed by atoms with Crippen LogP contribution < -0.4 is 5.32 Å². The number of carbonyl (C=O) groups excluding carboxylic acids is 2. The van der Waals surface area contributed by atoms with Crippen LogP contribution in [0.5, 0.6) is 0 Å². The van der Waals surface area contributed by atoms with Gasteiger partial charge in [-0.25, -0.2) is 4.98 Å². The Balaban J connectivity index is 1.78. The highest BCUT2D eigenvalue weighted by atomic mass is 16.2. The predicted molar refractivity (Wildman–Crippen MR) is 102 cm³/mol. The van der Waals surface area contributed by atoms with Crippen molar-refractivity contribution in [2.45, 2.75) is 19.8 Å². The summed E-state index contributed by atoms with van der Waals surface area (Å²) in [5.74, 6) is -0.0907. The second-order valence-corrected chi connectivity index (χ2v) is 6.25. The molecule has 26 heavy (non-hydrogen) atoms. The third-order valence-electron chi connectivity index (χ3n) is 4.24. The number of benzene rings is 2. The number of hydrogen-bond acceptors (Lipinski definition) is 3. The SMILES string of the molecule is Cc1ccnc(NC(=O)[C@@H](C)c2cccc(C(=O)c3ccccc3)c2)c1. The lowest BCUT2D eigenvalue weighted by Gasteiger charge is -2.13. The number of aryl methyl sites for hydroxylation is 1. The lowest BCUT2D eigenvalue weighted by molar-refractivity contribution is -0.117. The van der Waals surface area contributed by atoms with Gasteiger partial charge in [0, 0.05) is 17.3 Å². The fourth-order valence-corrected chi connectivity index (χ4v) is 2.70. The summed E-state index contributed by atoms with van der Waals surface area (Å²) in [5, 5.41) is 2.83. The molecule has 0 aliphatic rings. The van der Waals surface area contributed by atoms with E-state index >= 15 is 0 Å². The van der Waals surface area contributed by atoms with Gasteiger partial charge in [-0.15, -0.1) is 0 Å². The van der Waals surface area contributed by atoms with E-state index < -0.39 is 5.92 Å². The smallest absolute Gasteiger partial charge is 0.232 e. The van der Waals surface area contributed by atoms with Gasteiger partial charge in [-0.05, 0) is 43.2 Å². The highest BCUT2D eigenvalue weighted by Gasteiger charge is 2.18. The number of carbonyl (C=O) groups is 2. The summed E-state index contributed by atoms with van der Waals surface area (Å²) in [7, 11) is 0. The molecule has 0 aliphatic heterocycles. The van der Waals surface area contributed by atoms with E-state index in [1.165, 1.54) is 0 Å². The molecule has 130 valence electrons. The average Bonchev–Trinajstić information content (AvgIpc) is 2.67. The van der Waals surface area contributed by atoms with E-state index in [1.807, 2.05) is 50.2 Å². The molecular formula is C22H20N2O2. The zero-order valence-corrected chi connectivity index (χ0v) is 14.8. The normalized spacial score (nSPS) is 11.6. The van der Waals surface area contributed by atoms with Gasteiger partial charge in [0.1, 0.15) is 5.82 Å². The Labute approximate surface area is 152 Å². The van der Waals surface area contributed by atoms with Crippen LogP contribution in [0.3, 0.4) is 0 Å². The molecule has 4 heteroatoms.